The van der Waals surface area contributed by atoms with Crippen molar-refractivity contribution in [1.29, 1.82) is 0 Å². The summed E-state index contributed by atoms with van der Waals surface area (Å²) >= 11 is 1.81. The van der Waals surface area contributed by atoms with E-state index < -0.39 is 11.9 Å². The summed E-state index contributed by atoms with van der Waals surface area (Å²) < 4.78 is 0. The van der Waals surface area contributed by atoms with Crippen LogP contribution in [0, 0.1) is 0 Å². The Kier molecular flexibility index (Phi) is 4.39. The molecule has 0 spiro atoms. The highest BCUT2D eigenvalue weighted by molar-refractivity contribution is 8.00. The lowest BCUT2D eigenvalue weighted by atomic mass is 10.0. The van der Waals surface area contributed by atoms with Crippen molar-refractivity contribution in [1.82, 2.24) is 10.6 Å². The van der Waals surface area contributed by atoms with E-state index in [0.29, 0.717) is 11.7 Å². The smallest absolute Gasteiger partial charge is 0.315 e. The number of fused-ring (bicyclic) bond motifs is 1. The molecule has 104 valence electrons. The molecule has 8 nitrogen and oxygen atoms in total. The molecule has 3 amide bonds. The van der Waals surface area contributed by atoms with Crippen molar-refractivity contribution >= 4 is 23.7 Å². The molecule has 2 saturated heterocycles. The van der Waals surface area contributed by atoms with Gasteiger partial charge in [-0.05, 0) is 18.4 Å². The van der Waals surface area contributed by atoms with E-state index >= 15 is 0 Å². The van der Waals surface area contributed by atoms with Gasteiger partial charge < -0.3 is 16.4 Å². The molecule has 0 aromatic rings. The lowest BCUT2D eigenvalue weighted by molar-refractivity contribution is -0.119. The summed E-state index contributed by atoms with van der Waals surface area (Å²) in [5, 5.41) is 9.50. The van der Waals surface area contributed by atoms with Crippen molar-refractivity contribution in [2.75, 3.05) is 5.75 Å². The summed E-state index contributed by atoms with van der Waals surface area (Å²) in [5.74, 6) is 0.314. The number of amides is 3. The zero-order valence-corrected chi connectivity index (χ0v) is 11.1. The quantitative estimate of drug-likeness (QED) is 0.283. The Bertz CT molecular complexity index is 422. The lowest BCUT2D eigenvalue weighted by Gasteiger charge is -2.17. The fourth-order valence-corrected chi connectivity index (χ4v) is 4.02. The van der Waals surface area contributed by atoms with E-state index in [1.54, 1.807) is 0 Å². The summed E-state index contributed by atoms with van der Waals surface area (Å²) in [6, 6.07) is -0.525. The van der Waals surface area contributed by atoms with Crippen molar-refractivity contribution in [3.8, 4) is 0 Å². The van der Waals surface area contributed by atoms with Crippen LogP contribution >= 0.6 is 11.8 Å². The predicted octanol–water partition coefficient (Wildman–Crippen LogP) is 0.486. The zero-order chi connectivity index (χ0) is 13.8. The second-order valence-corrected chi connectivity index (χ2v) is 5.95. The predicted molar refractivity (Wildman–Crippen MR) is 71.5 cm³/mol. The number of rotatable bonds is 6. The summed E-state index contributed by atoms with van der Waals surface area (Å²) in [7, 11) is 0. The summed E-state index contributed by atoms with van der Waals surface area (Å²) in [4.78, 5) is 24.9. The topological polar surface area (TPSA) is 133 Å². The molecule has 0 bridgehead atoms. The van der Waals surface area contributed by atoms with Crippen LogP contribution in [0.3, 0.4) is 0 Å². The van der Waals surface area contributed by atoms with E-state index in [-0.39, 0.29) is 18.1 Å². The van der Waals surface area contributed by atoms with Crippen LogP contribution in [-0.2, 0) is 4.79 Å². The molecule has 2 aliphatic heterocycles. The van der Waals surface area contributed by atoms with Crippen molar-refractivity contribution in [3.05, 3.63) is 10.4 Å². The minimum Gasteiger partial charge on any atom is -0.369 e. The Morgan fingerprint density at radius 3 is 3.11 bits per heavy atom. The molecule has 0 radical (unpaired) electrons. The van der Waals surface area contributed by atoms with Gasteiger partial charge >= 0.3 is 6.03 Å². The molecule has 0 aliphatic carbocycles. The normalized spacial score (nSPS) is 29.9. The first-order chi connectivity index (χ1) is 9.11. The van der Waals surface area contributed by atoms with Gasteiger partial charge in [0.15, 0.2) is 0 Å². The molecule has 0 aromatic carbocycles. The Hall–Kier alpha value is -1.60. The van der Waals surface area contributed by atoms with Gasteiger partial charge in [-0.25, -0.2) is 4.79 Å². The summed E-state index contributed by atoms with van der Waals surface area (Å²) in [6.07, 6.45) is 2.05. The van der Waals surface area contributed by atoms with E-state index in [1.807, 2.05) is 11.8 Å². The molecule has 4 N–H and O–H groups in total. The Balaban J connectivity index is 1.78. The standard InChI is InChI=1S/C10H16N6O2S/c11-9(17)5(15-16-12)2-1-3-7-8-6(4-19-7)13-10(18)14-8/h5-8H,1-4H2,(H2,11,17)(H2,13,14,18)/t5?,6-,7-,8-/m0/s1. The second-order valence-electron chi connectivity index (χ2n) is 4.68. The van der Waals surface area contributed by atoms with E-state index in [9.17, 15) is 9.59 Å². The number of nitrogens with one attached hydrogen (secondary N) is 2. The fourth-order valence-electron chi connectivity index (χ4n) is 2.47. The third kappa shape index (κ3) is 3.24. The number of nitrogens with zero attached hydrogens (tertiary/aromatic N) is 3. The zero-order valence-electron chi connectivity index (χ0n) is 10.3. The molecule has 2 rings (SSSR count). The molecular weight excluding hydrogens is 268 g/mol. The third-order valence-electron chi connectivity index (χ3n) is 3.42. The minimum absolute atomic E-state index is 0.107. The lowest BCUT2D eigenvalue weighted by Crippen LogP contribution is -2.37. The van der Waals surface area contributed by atoms with Gasteiger partial charge in [0, 0.05) is 15.9 Å². The molecule has 0 saturated carbocycles. The minimum atomic E-state index is -0.775. The van der Waals surface area contributed by atoms with Crippen molar-refractivity contribution in [2.45, 2.75) is 42.6 Å². The number of urea groups is 1. The highest BCUT2D eigenvalue weighted by Crippen LogP contribution is 2.33. The van der Waals surface area contributed by atoms with Crippen molar-refractivity contribution in [2.24, 2.45) is 10.8 Å². The highest BCUT2D eigenvalue weighted by Gasteiger charge is 2.42. The van der Waals surface area contributed by atoms with Crippen LogP contribution in [0.5, 0.6) is 0 Å². The van der Waals surface area contributed by atoms with Crippen LogP contribution in [0.25, 0.3) is 10.4 Å². The molecule has 2 heterocycles. The van der Waals surface area contributed by atoms with Gasteiger partial charge in [-0.2, -0.15) is 11.8 Å². The largest absolute Gasteiger partial charge is 0.369 e. The summed E-state index contributed by atoms with van der Waals surface area (Å²) in [6.45, 7) is 0. The van der Waals surface area contributed by atoms with E-state index in [2.05, 4.69) is 20.7 Å². The highest BCUT2D eigenvalue weighted by atomic mass is 32.2. The Labute approximate surface area is 114 Å². The van der Waals surface area contributed by atoms with E-state index in [1.165, 1.54) is 0 Å². The molecule has 1 unspecified atom stereocenters. The molecule has 4 atom stereocenters. The molecule has 0 aromatic heterocycles. The Morgan fingerprint density at radius 1 is 1.63 bits per heavy atom. The maximum Gasteiger partial charge on any atom is 0.315 e. The number of thioether (sulfide) groups is 1. The SMILES string of the molecule is [N-]=[N+]=NC(CCC[C@@H]1SC[C@@H]2NC(=O)N[C@@H]21)C(N)=O. The van der Waals surface area contributed by atoms with Crippen LogP contribution < -0.4 is 16.4 Å². The number of hydrogen-bond acceptors (Lipinski definition) is 4. The van der Waals surface area contributed by atoms with Crippen LogP contribution in [0.1, 0.15) is 19.3 Å². The first kappa shape index (κ1) is 13.8. The van der Waals surface area contributed by atoms with Gasteiger partial charge in [-0.15, -0.1) is 0 Å². The summed E-state index contributed by atoms with van der Waals surface area (Å²) in [5.41, 5.74) is 13.5. The van der Waals surface area contributed by atoms with Crippen LogP contribution in [-0.4, -0.2) is 41.1 Å². The number of nitrogens with two attached hydrogens (primary N) is 1. The number of hydrogen-bond donors (Lipinski definition) is 3. The number of carbonyl (C=O) groups is 2. The van der Waals surface area contributed by atoms with Gasteiger partial charge in [0.05, 0.1) is 12.1 Å². The van der Waals surface area contributed by atoms with Crippen molar-refractivity contribution < 1.29 is 9.59 Å². The van der Waals surface area contributed by atoms with Gasteiger partial charge in [0.2, 0.25) is 5.91 Å². The third-order valence-corrected chi connectivity index (χ3v) is 4.93. The van der Waals surface area contributed by atoms with Crippen LogP contribution in [0.2, 0.25) is 0 Å². The molecule has 9 heteroatoms. The van der Waals surface area contributed by atoms with Crippen LogP contribution in [0.15, 0.2) is 5.11 Å². The first-order valence-corrected chi connectivity index (χ1v) is 7.19. The van der Waals surface area contributed by atoms with Gasteiger partial charge in [-0.3, -0.25) is 4.79 Å². The number of carbonyl (C=O) groups excluding carboxylic acids is 2. The Morgan fingerprint density at radius 2 is 2.42 bits per heavy atom. The number of azide groups is 1. The average Bonchev–Trinajstić information content (AvgIpc) is 2.88. The van der Waals surface area contributed by atoms with Crippen molar-refractivity contribution in [3.63, 3.8) is 0 Å². The maximum absolute atomic E-state index is 11.2. The molecular formula is C10H16N6O2S. The number of primary amides is 1. The first-order valence-electron chi connectivity index (χ1n) is 6.14. The molecule has 2 fully saturated rings. The van der Waals surface area contributed by atoms with Gasteiger partial charge in [0.1, 0.15) is 6.04 Å². The van der Waals surface area contributed by atoms with Crippen LogP contribution in [0.4, 0.5) is 4.79 Å². The second kappa shape index (κ2) is 6.03. The van der Waals surface area contributed by atoms with Gasteiger partial charge in [0.25, 0.3) is 0 Å². The van der Waals surface area contributed by atoms with Gasteiger partial charge in [-0.1, -0.05) is 11.5 Å². The van der Waals surface area contributed by atoms with E-state index in [0.717, 1.165) is 18.6 Å². The fraction of sp³-hybridized carbons (Fsp3) is 0.800. The average molecular weight is 284 g/mol. The van der Waals surface area contributed by atoms with E-state index in [4.69, 9.17) is 11.3 Å². The maximum atomic E-state index is 11.2. The molecule has 2 aliphatic rings. The monoisotopic (exact) mass is 284 g/mol. The molecule has 19 heavy (non-hydrogen) atoms.